The highest BCUT2D eigenvalue weighted by Gasteiger charge is 2.23. The van der Waals surface area contributed by atoms with Crippen molar-refractivity contribution in [3.63, 3.8) is 0 Å². The number of rotatable bonds is 5. The fourth-order valence-electron chi connectivity index (χ4n) is 3.23. The Hall–Kier alpha value is -2.59. The van der Waals surface area contributed by atoms with Gasteiger partial charge in [-0.1, -0.05) is 42.5 Å². The molecule has 1 aliphatic rings. The number of nitrogens with zero attached hydrogens (tertiary/aromatic N) is 1. The first-order chi connectivity index (χ1) is 12.7. The summed E-state index contributed by atoms with van der Waals surface area (Å²) in [5.41, 5.74) is 4.63. The summed E-state index contributed by atoms with van der Waals surface area (Å²) in [4.78, 5) is 15.1. The molecule has 3 rings (SSSR count). The molecular weight excluding hydrogens is 326 g/mol. The molecule has 0 saturated carbocycles. The van der Waals surface area contributed by atoms with E-state index in [4.69, 9.17) is 9.47 Å². The second kappa shape index (κ2) is 8.68. The van der Waals surface area contributed by atoms with Gasteiger partial charge in [-0.05, 0) is 37.1 Å². The minimum atomic E-state index is -0.292. The number of hydrogen-bond donors (Lipinski definition) is 0. The van der Waals surface area contributed by atoms with Crippen LogP contribution in [0.25, 0.3) is 11.6 Å². The number of hydrogen-bond acceptors (Lipinski definition) is 4. The fourth-order valence-corrected chi connectivity index (χ4v) is 3.23. The van der Waals surface area contributed by atoms with E-state index in [9.17, 15) is 4.79 Å². The van der Waals surface area contributed by atoms with Crippen molar-refractivity contribution in [3.05, 3.63) is 65.2 Å². The van der Waals surface area contributed by atoms with Crippen LogP contribution < -0.4 is 4.90 Å². The van der Waals surface area contributed by atoms with Gasteiger partial charge in [0, 0.05) is 24.3 Å². The van der Waals surface area contributed by atoms with Gasteiger partial charge in [-0.15, -0.1) is 0 Å². The summed E-state index contributed by atoms with van der Waals surface area (Å²) in [6, 6.07) is 16.0. The van der Waals surface area contributed by atoms with Crippen LogP contribution in [0.3, 0.4) is 0 Å². The van der Waals surface area contributed by atoms with Crippen LogP contribution in [0.15, 0.2) is 48.5 Å². The lowest BCUT2D eigenvalue weighted by atomic mass is 9.95. The number of ether oxygens (including phenoxy) is 2. The largest absolute Gasteiger partial charge is 0.462 e. The molecule has 4 nitrogen and oxygen atoms in total. The standard InChI is InChI=1S/C22H25NO3/c1-3-26-22(24)19(16-18-9-5-4-6-10-18)21-17(2)8-7-11-20(21)23-12-14-25-15-13-23/h4-11,16H,3,12-15H2,1-2H3/b19-16+. The van der Waals surface area contributed by atoms with E-state index >= 15 is 0 Å². The zero-order valence-electron chi connectivity index (χ0n) is 15.4. The molecule has 0 spiro atoms. The third-order valence-electron chi connectivity index (χ3n) is 4.48. The van der Waals surface area contributed by atoms with Gasteiger partial charge in [0.05, 0.1) is 25.4 Å². The van der Waals surface area contributed by atoms with Crippen molar-refractivity contribution >= 4 is 23.3 Å². The van der Waals surface area contributed by atoms with E-state index in [1.165, 1.54) is 0 Å². The Morgan fingerprint density at radius 3 is 2.54 bits per heavy atom. The SMILES string of the molecule is CCOC(=O)/C(=C/c1ccccc1)c1c(C)cccc1N1CCOCC1. The summed E-state index contributed by atoms with van der Waals surface area (Å²) in [5, 5.41) is 0. The number of esters is 1. The number of benzene rings is 2. The average molecular weight is 351 g/mol. The van der Waals surface area contributed by atoms with E-state index in [1.807, 2.05) is 62.4 Å². The highest BCUT2D eigenvalue weighted by Crippen LogP contribution is 2.33. The Balaban J connectivity index is 2.11. The van der Waals surface area contributed by atoms with E-state index in [2.05, 4.69) is 11.0 Å². The van der Waals surface area contributed by atoms with Crippen LogP contribution in [-0.4, -0.2) is 38.9 Å². The zero-order chi connectivity index (χ0) is 18.4. The number of carbonyl (C=O) groups excluding carboxylic acids is 1. The van der Waals surface area contributed by atoms with E-state index in [0.29, 0.717) is 25.4 Å². The smallest absolute Gasteiger partial charge is 0.338 e. The first kappa shape index (κ1) is 18.2. The highest BCUT2D eigenvalue weighted by atomic mass is 16.5. The number of anilines is 1. The van der Waals surface area contributed by atoms with Crippen molar-refractivity contribution in [3.8, 4) is 0 Å². The molecule has 0 unspecified atom stereocenters. The fraction of sp³-hybridized carbons (Fsp3) is 0.318. The van der Waals surface area contributed by atoms with Crippen LogP contribution >= 0.6 is 0 Å². The van der Waals surface area contributed by atoms with Crippen LogP contribution in [0.4, 0.5) is 5.69 Å². The topological polar surface area (TPSA) is 38.8 Å². The van der Waals surface area contributed by atoms with E-state index < -0.39 is 0 Å². The van der Waals surface area contributed by atoms with Crippen molar-refractivity contribution in [2.75, 3.05) is 37.8 Å². The molecule has 0 aromatic heterocycles. The molecule has 0 amide bonds. The van der Waals surface area contributed by atoms with Gasteiger partial charge in [0.2, 0.25) is 0 Å². The van der Waals surface area contributed by atoms with Crippen LogP contribution in [0.5, 0.6) is 0 Å². The van der Waals surface area contributed by atoms with Gasteiger partial charge < -0.3 is 14.4 Å². The first-order valence-corrected chi connectivity index (χ1v) is 9.07. The Morgan fingerprint density at radius 2 is 1.85 bits per heavy atom. The van der Waals surface area contributed by atoms with Gasteiger partial charge in [-0.3, -0.25) is 0 Å². The second-order valence-electron chi connectivity index (χ2n) is 6.26. The van der Waals surface area contributed by atoms with Gasteiger partial charge in [0.25, 0.3) is 0 Å². The molecule has 0 atom stereocenters. The summed E-state index contributed by atoms with van der Waals surface area (Å²) in [6.45, 7) is 7.25. The van der Waals surface area contributed by atoms with Gasteiger partial charge in [0.1, 0.15) is 0 Å². The Morgan fingerprint density at radius 1 is 1.12 bits per heavy atom. The molecule has 26 heavy (non-hydrogen) atoms. The Kier molecular flexibility index (Phi) is 6.08. The predicted octanol–water partition coefficient (Wildman–Crippen LogP) is 3.94. The summed E-state index contributed by atoms with van der Waals surface area (Å²) in [6.07, 6.45) is 1.92. The molecule has 0 radical (unpaired) electrons. The average Bonchev–Trinajstić information content (AvgIpc) is 2.68. The van der Waals surface area contributed by atoms with Gasteiger partial charge >= 0.3 is 5.97 Å². The van der Waals surface area contributed by atoms with Crippen LogP contribution in [0, 0.1) is 6.92 Å². The molecule has 1 fully saturated rings. The van der Waals surface area contributed by atoms with Crippen LogP contribution in [0.2, 0.25) is 0 Å². The van der Waals surface area contributed by atoms with Crippen molar-refractivity contribution in [2.24, 2.45) is 0 Å². The van der Waals surface area contributed by atoms with Gasteiger partial charge in [-0.2, -0.15) is 0 Å². The summed E-state index contributed by atoms with van der Waals surface area (Å²) < 4.78 is 10.9. The van der Waals surface area contributed by atoms with E-state index in [1.54, 1.807) is 0 Å². The molecular formula is C22H25NO3. The minimum Gasteiger partial charge on any atom is -0.462 e. The van der Waals surface area contributed by atoms with Gasteiger partial charge in [0.15, 0.2) is 0 Å². The molecule has 2 aromatic carbocycles. The summed E-state index contributed by atoms with van der Waals surface area (Å²) >= 11 is 0. The second-order valence-corrected chi connectivity index (χ2v) is 6.26. The summed E-state index contributed by atoms with van der Waals surface area (Å²) in [5.74, 6) is -0.292. The quantitative estimate of drug-likeness (QED) is 0.465. The lowest BCUT2D eigenvalue weighted by molar-refractivity contribution is -0.136. The monoisotopic (exact) mass is 351 g/mol. The molecule has 0 N–H and O–H groups in total. The third kappa shape index (κ3) is 4.14. The van der Waals surface area contributed by atoms with Crippen molar-refractivity contribution in [2.45, 2.75) is 13.8 Å². The number of morpholine rings is 1. The molecule has 136 valence electrons. The molecule has 4 heteroatoms. The predicted molar refractivity (Wildman–Crippen MR) is 105 cm³/mol. The number of aryl methyl sites for hydroxylation is 1. The molecule has 0 aliphatic carbocycles. The molecule has 1 heterocycles. The summed E-state index contributed by atoms with van der Waals surface area (Å²) in [7, 11) is 0. The van der Waals surface area contributed by atoms with Crippen LogP contribution in [0.1, 0.15) is 23.6 Å². The van der Waals surface area contributed by atoms with E-state index in [-0.39, 0.29) is 5.97 Å². The Labute approximate surface area is 155 Å². The molecule has 0 bridgehead atoms. The van der Waals surface area contributed by atoms with E-state index in [0.717, 1.165) is 35.5 Å². The maximum absolute atomic E-state index is 12.8. The van der Waals surface area contributed by atoms with Crippen molar-refractivity contribution in [1.82, 2.24) is 0 Å². The molecule has 2 aromatic rings. The van der Waals surface area contributed by atoms with Crippen molar-refractivity contribution in [1.29, 1.82) is 0 Å². The number of carbonyl (C=O) groups is 1. The lowest BCUT2D eigenvalue weighted by Gasteiger charge is -2.31. The van der Waals surface area contributed by atoms with Crippen molar-refractivity contribution < 1.29 is 14.3 Å². The Bertz CT molecular complexity index is 777. The molecule has 1 saturated heterocycles. The zero-order valence-corrected chi connectivity index (χ0v) is 15.4. The molecule has 1 aliphatic heterocycles. The minimum absolute atomic E-state index is 0.292. The maximum atomic E-state index is 12.8. The normalized spacial score (nSPS) is 15.0. The van der Waals surface area contributed by atoms with Crippen LogP contribution in [-0.2, 0) is 14.3 Å². The third-order valence-corrected chi connectivity index (χ3v) is 4.48. The highest BCUT2D eigenvalue weighted by molar-refractivity contribution is 6.23. The first-order valence-electron chi connectivity index (χ1n) is 9.07. The van der Waals surface area contributed by atoms with Gasteiger partial charge in [-0.25, -0.2) is 4.79 Å². The lowest BCUT2D eigenvalue weighted by Crippen LogP contribution is -2.37. The maximum Gasteiger partial charge on any atom is 0.338 e.